The Morgan fingerprint density at radius 2 is 2.17 bits per heavy atom. The summed E-state index contributed by atoms with van der Waals surface area (Å²) in [4.78, 5) is 0. The lowest BCUT2D eigenvalue weighted by Crippen LogP contribution is -2.42. The predicted molar refractivity (Wildman–Crippen MR) is 81.3 cm³/mol. The molecule has 0 aromatic heterocycles. The molecule has 1 heterocycles. The zero-order chi connectivity index (χ0) is 13.1. The van der Waals surface area contributed by atoms with Gasteiger partial charge >= 0.3 is 0 Å². The molecule has 2 rings (SSSR count). The number of hydrogen-bond acceptors (Lipinski definition) is 3. The van der Waals surface area contributed by atoms with Crippen molar-refractivity contribution in [3.8, 4) is 0 Å². The molecule has 100 valence electrons. The number of thioether (sulfide) groups is 2. The van der Waals surface area contributed by atoms with Gasteiger partial charge in [0, 0.05) is 28.0 Å². The Bertz CT molecular complexity index is 416. The fourth-order valence-electron chi connectivity index (χ4n) is 2.20. The maximum Gasteiger partial charge on any atom is 0.145 e. The van der Waals surface area contributed by atoms with E-state index in [4.69, 9.17) is 17.3 Å². The van der Waals surface area contributed by atoms with E-state index in [-0.39, 0.29) is 16.9 Å². The Labute approximate surface area is 121 Å². The van der Waals surface area contributed by atoms with Crippen molar-refractivity contribution in [1.29, 1.82) is 0 Å². The van der Waals surface area contributed by atoms with E-state index in [0.717, 1.165) is 5.75 Å². The van der Waals surface area contributed by atoms with E-state index in [9.17, 15) is 4.39 Å². The molecule has 3 atom stereocenters. The van der Waals surface area contributed by atoms with Crippen molar-refractivity contribution in [3.63, 3.8) is 0 Å². The van der Waals surface area contributed by atoms with Crippen LogP contribution in [0.1, 0.15) is 12.5 Å². The Kier molecular flexibility index (Phi) is 5.24. The highest BCUT2D eigenvalue weighted by atomic mass is 35.5. The summed E-state index contributed by atoms with van der Waals surface area (Å²) in [7, 11) is 0. The molecular formula is C13H17ClFNS2. The number of halogens is 2. The zero-order valence-electron chi connectivity index (χ0n) is 10.2. The Morgan fingerprint density at radius 3 is 2.89 bits per heavy atom. The predicted octanol–water partition coefficient (Wildman–Crippen LogP) is 3.59. The van der Waals surface area contributed by atoms with Gasteiger partial charge < -0.3 is 5.73 Å². The van der Waals surface area contributed by atoms with Gasteiger partial charge in [0.15, 0.2) is 0 Å². The number of nitrogens with two attached hydrogens (primary N) is 1. The smallest absolute Gasteiger partial charge is 0.145 e. The maximum atomic E-state index is 13.8. The molecule has 2 N–H and O–H groups in total. The molecule has 1 aromatic carbocycles. The molecule has 0 bridgehead atoms. The molecule has 0 spiro atoms. The van der Waals surface area contributed by atoms with E-state index >= 15 is 0 Å². The van der Waals surface area contributed by atoms with E-state index < -0.39 is 0 Å². The van der Waals surface area contributed by atoms with Gasteiger partial charge in [0.05, 0.1) is 5.02 Å². The second kappa shape index (κ2) is 6.51. The van der Waals surface area contributed by atoms with Crippen LogP contribution in [0.15, 0.2) is 18.2 Å². The third kappa shape index (κ3) is 3.35. The van der Waals surface area contributed by atoms with E-state index in [2.05, 4.69) is 6.92 Å². The molecule has 1 fully saturated rings. The topological polar surface area (TPSA) is 26.0 Å². The summed E-state index contributed by atoms with van der Waals surface area (Å²) in [5, 5.41) is 1.10. The number of rotatable bonds is 3. The average molecular weight is 306 g/mol. The zero-order valence-corrected chi connectivity index (χ0v) is 12.6. The van der Waals surface area contributed by atoms with Crippen molar-refractivity contribution in [2.24, 2.45) is 5.73 Å². The van der Waals surface area contributed by atoms with Crippen LogP contribution < -0.4 is 5.73 Å². The average Bonchev–Trinajstić information content (AvgIpc) is 2.35. The lowest BCUT2D eigenvalue weighted by atomic mass is 10.0. The molecule has 0 radical (unpaired) electrons. The molecule has 18 heavy (non-hydrogen) atoms. The van der Waals surface area contributed by atoms with Crippen LogP contribution in [0.4, 0.5) is 4.39 Å². The SMILES string of the molecule is CC1SCCSC1C(N)Cc1cccc(Cl)c1F. The quantitative estimate of drug-likeness (QED) is 0.924. The van der Waals surface area contributed by atoms with Gasteiger partial charge in [-0.25, -0.2) is 4.39 Å². The fourth-order valence-corrected chi connectivity index (χ4v) is 5.28. The summed E-state index contributed by atoms with van der Waals surface area (Å²) >= 11 is 9.65. The molecular weight excluding hydrogens is 289 g/mol. The maximum absolute atomic E-state index is 13.8. The lowest BCUT2D eigenvalue weighted by Gasteiger charge is -2.32. The van der Waals surface area contributed by atoms with Gasteiger partial charge in [0.1, 0.15) is 5.82 Å². The van der Waals surface area contributed by atoms with E-state index in [1.165, 1.54) is 5.75 Å². The van der Waals surface area contributed by atoms with Crippen LogP contribution in [0.2, 0.25) is 5.02 Å². The Morgan fingerprint density at radius 1 is 1.44 bits per heavy atom. The minimum Gasteiger partial charge on any atom is -0.326 e. The molecule has 0 aliphatic carbocycles. The van der Waals surface area contributed by atoms with Gasteiger partial charge in [-0.05, 0) is 18.1 Å². The second-order valence-corrected chi connectivity index (χ2v) is 7.67. The first kappa shape index (κ1) is 14.5. The van der Waals surface area contributed by atoms with Gasteiger partial charge in [-0.1, -0.05) is 30.7 Å². The van der Waals surface area contributed by atoms with Crippen LogP contribution in [0.3, 0.4) is 0 Å². The molecule has 1 saturated heterocycles. The number of hydrogen-bond donors (Lipinski definition) is 1. The van der Waals surface area contributed by atoms with Crippen molar-refractivity contribution < 1.29 is 4.39 Å². The highest BCUT2D eigenvalue weighted by molar-refractivity contribution is 8.07. The minimum atomic E-state index is -0.323. The third-order valence-corrected chi connectivity index (χ3v) is 6.71. The molecule has 0 amide bonds. The third-order valence-electron chi connectivity index (χ3n) is 3.15. The normalized spacial score (nSPS) is 26.0. The summed E-state index contributed by atoms with van der Waals surface area (Å²) in [6.45, 7) is 2.20. The van der Waals surface area contributed by atoms with Crippen LogP contribution in [0.25, 0.3) is 0 Å². The Hall–Kier alpha value is 0.1000. The molecule has 1 nitrogen and oxygen atoms in total. The standard InChI is InChI=1S/C13H17ClFNS2/c1-8-13(18-6-5-17-8)11(16)7-9-3-2-4-10(14)12(9)15/h2-4,8,11,13H,5-7,16H2,1H3. The van der Waals surface area contributed by atoms with Crippen LogP contribution in [-0.2, 0) is 6.42 Å². The van der Waals surface area contributed by atoms with Crippen molar-refractivity contribution >= 4 is 35.1 Å². The van der Waals surface area contributed by atoms with Crippen molar-refractivity contribution in [2.45, 2.75) is 29.9 Å². The van der Waals surface area contributed by atoms with Gasteiger partial charge in [-0.15, -0.1) is 0 Å². The molecule has 1 aliphatic heterocycles. The second-order valence-electron chi connectivity index (χ2n) is 4.49. The Balaban J connectivity index is 2.06. The summed E-state index contributed by atoms with van der Waals surface area (Å²) in [6, 6.07) is 5.09. The van der Waals surface area contributed by atoms with Gasteiger partial charge in [-0.2, -0.15) is 23.5 Å². The summed E-state index contributed by atoms with van der Waals surface area (Å²) < 4.78 is 13.8. The van der Waals surface area contributed by atoms with Crippen molar-refractivity contribution in [3.05, 3.63) is 34.6 Å². The summed E-state index contributed by atoms with van der Waals surface area (Å²) in [5.74, 6) is 1.99. The van der Waals surface area contributed by atoms with E-state index in [1.807, 2.05) is 23.5 Å². The summed E-state index contributed by atoms with van der Waals surface area (Å²) in [5.41, 5.74) is 6.87. The largest absolute Gasteiger partial charge is 0.326 e. The van der Waals surface area contributed by atoms with Gasteiger partial charge in [0.25, 0.3) is 0 Å². The molecule has 3 unspecified atom stereocenters. The number of benzene rings is 1. The minimum absolute atomic E-state index is 0.0224. The fraction of sp³-hybridized carbons (Fsp3) is 0.538. The lowest BCUT2D eigenvalue weighted by molar-refractivity contribution is 0.572. The first-order chi connectivity index (χ1) is 8.59. The first-order valence-electron chi connectivity index (χ1n) is 6.01. The molecule has 1 aliphatic rings. The molecule has 5 heteroatoms. The van der Waals surface area contributed by atoms with Gasteiger partial charge in [-0.3, -0.25) is 0 Å². The highest BCUT2D eigenvalue weighted by Gasteiger charge is 2.28. The van der Waals surface area contributed by atoms with E-state index in [1.54, 1.807) is 18.2 Å². The van der Waals surface area contributed by atoms with Crippen LogP contribution in [-0.4, -0.2) is 28.0 Å². The van der Waals surface area contributed by atoms with Crippen LogP contribution in [0, 0.1) is 5.82 Å². The van der Waals surface area contributed by atoms with E-state index in [0.29, 0.717) is 22.5 Å². The van der Waals surface area contributed by atoms with Gasteiger partial charge in [0.2, 0.25) is 0 Å². The highest BCUT2D eigenvalue weighted by Crippen LogP contribution is 2.33. The van der Waals surface area contributed by atoms with Crippen LogP contribution in [0.5, 0.6) is 0 Å². The first-order valence-corrected chi connectivity index (χ1v) is 8.49. The van der Waals surface area contributed by atoms with Crippen LogP contribution >= 0.6 is 35.1 Å². The molecule has 1 aromatic rings. The van der Waals surface area contributed by atoms with Crippen molar-refractivity contribution in [1.82, 2.24) is 0 Å². The summed E-state index contributed by atoms with van der Waals surface area (Å²) in [6.07, 6.45) is 0.551. The molecule has 0 saturated carbocycles. The monoisotopic (exact) mass is 305 g/mol. The van der Waals surface area contributed by atoms with Crippen molar-refractivity contribution in [2.75, 3.05) is 11.5 Å².